The zero-order valence-corrected chi connectivity index (χ0v) is 17.9. The Morgan fingerprint density at radius 3 is 1.75 bits per heavy atom. The molecule has 2 heteroatoms. The van der Waals surface area contributed by atoms with Crippen LogP contribution in [0.2, 0.25) is 0 Å². The molecule has 2 N–H and O–H groups in total. The molecule has 4 aromatic rings. The summed E-state index contributed by atoms with van der Waals surface area (Å²) >= 11 is 0. The molecule has 0 spiro atoms. The smallest absolute Gasteiger partial charge is 0.186 e. The van der Waals surface area contributed by atoms with Crippen molar-refractivity contribution in [3.63, 3.8) is 0 Å². The third kappa shape index (κ3) is 4.41. The average molecular weight is 416 g/mol. The van der Waals surface area contributed by atoms with Gasteiger partial charge in [-0.2, -0.15) is 0 Å². The second kappa shape index (κ2) is 9.51. The Bertz CT molecular complexity index is 1200. The van der Waals surface area contributed by atoms with Crippen molar-refractivity contribution in [2.24, 2.45) is 0 Å². The van der Waals surface area contributed by atoms with Crippen LogP contribution in [0.4, 0.5) is 11.4 Å². The van der Waals surface area contributed by atoms with Gasteiger partial charge >= 0.3 is 0 Å². The molecule has 4 aromatic carbocycles. The molecule has 2 nitrogen and oxygen atoms in total. The van der Waals surface area contributed by atoms with Crippen LogP contribution in [0.25, 0.3) is 12.2 Å². The Morgan fingerprint density at radius 1 is 0.562 bits per heavy atom. The molecule has 0 aromatic heterocycles. The van der Waals surface area contributed by atoms with Crippen molar-refractivity contribution in [2.75, 3.05) is 5.32 Å². The predicted octanol–water partition coefficient (Wildman–Crippen LogP) is 6.12. The van der Waals surface area contributed by atoms with Crippen molar-refractivity contribution in [2.45, 2.75) is 12.2 Å². The monoisotopic (exact) mass is 415 g/mol. The van der Waals surface area contributed by atoms with Crippen LogP contribution in [0, 0.1) is 0 Å². The molecule has 0 amide bonds. The van der Waals surface area contributed by atoms with Crippen LogP contribution in [0.5, 0.6) is 0 Å². The van der Waals surface area contributed by atoms with E-state index >= 15 is 0 Å². The van der Waals surface area contributed by atoms with E-state index in [0.29, 0.717) is 0 Å². The molecule has 0 bridgehead atoms. The van der Waals surface area contributed by atoms with Gasteiger partial charge in [0.1, 0.15) is 11.7 Å². The number of nitrogens with one attached hydrogen (secondary N) is 2. The fourth-order valence-corrected chi connectivity index (χ4v) is 4.40. The van der Waals surface area contributed by atoms with Crippen LogP contribution in [-0.4, -0.2) is 6.17 Å². The molecule has 0 saturated carbocycles. The number of hydrogen-bond donors (Lipinski definition) is 2. The molecule has 3 atom stereocenters. The lowest BCUT2D eigenvalue weighted by atomic mass is 9.96. The van der Waals surface area contributed by atoms with Gasteiger partial charge in [0.25, 0.3) is 0 Å². The van der Waals surface area contributed by atoms with E-state index in [4.69, 9.17) is 0 Å². The fraction of sp³-hybridized carbons (Fsp3) is 0.0667. The molecule has 0 aliphatic carbocycles. The normalized spacial score (nSPS) is 20.2. The third-order valence-corrected chi connectivity index (χ3v) is 5.95. The first-order valence-corrected chi connectivity index (χ1v) is 11.1. The summed E-state index contributed by atoms with van der Waals surface area (Å²) in [4.78, 5) is 1.36. The Labute approximate surface area is 190 Å². The quantitative estimate of drug-likeness (QED) is 0.401. The summed E-state index contributed by atoms with van der Waals surface area (Å²) in [5, 5.41) is 3.79. The summed E-state index contributed by atoms with van der Waals surface area (Å²) in [5.74, 6) is 0. The minimum atomic E-state index is 0.0953. The summed E-state index contributed by atoms with van der Waals surface area (Å²) in [6.45, 7) is 0. The molecule has 1 heterocycles. The highest BCUT2D eigenvalue weighted by Gasteiger charge is 2.36. The van der Waals surface area contributed by atoms with Crippen LogP contribution >= 0.6 is 0 Å². The number of anilines is 1. The van der Waals surface area contributed by atoms with E-state index in [-0.39, 0.29) is 12.2 Å². The van der Waals surface area contributed by atoms with E-state index in [0.717, 1.165) is 0 Å². The first-order chi connectivity index (χ1) is 15.9. The highest BCUT2D eigenvalue weighted by molar-refractivity contribution is 5.60. The Kier molecular flexibility index (Phi) is 5.95. The van der Waals surface area contributed by atoms with Crippen molar-refractivity contribution in [1.82, 2.24) is 0 Å². The average Bonchev–Trinajstić information content (AvgIpc) is 2.87. The van der Waals surface area contributed by atoms with Crippen molar-refractivity contribution < 1.29 is 4.90 Å². The van der Waals surface area contributed by atoms with Crippen molar-refractivity contribution in [1.29, 1.82) is 0 Å². The first-order valence-electron chi connectivity index (χ1n) is 11.1. The highest BCUT2D eigenvalue weighted by Crippen LogP contribution is 2.28. The van der Waals surface area contributed by atoms with E-state index in [1.807, 2.05) is 0 Å². The van der Waals surface area contributed by atoms with Crippen LogP contribution in [0.15, 0.2) is 127 Å². The molecule has 1 aliphatic heterocycles. The number of quaternary nitrogens is 1. The van der Waals surface area contributed by atoms with Crippen LogP contribution < -0.4 is 10.2 Å². The van der Waals surface area contributed by atoms with E-state index in [1.54, 1.807) is 0 Å². The van der Waals surface area contributed by atoms with E-state index in [1.165, 1.54) is 33.0 Å². The lowest BCUT2D eigenvalue weighted by molar-refractivity contribution is -0.876. The molecule has 1 unspecified atom stereocenters. The van der Waals surface area contributed by atoms with Crippen molar-refractivity contribution in [3.05, 3.63) is 144 Å². The highest BCUT2D eigenvalue weighted by atomic mass is 15.3. The standard InChI is InChI=1S/C30H26N2/c1-4-12-24(13-5-1)20-22-29-27-18-10-11-19-28(27)31-30(23-21-25-14-6-2-7-15-25)32(29)26-16-8-3-9-17-26/h1-23,29-31H/p+1/b22-20+,23-21+/t29-,30+/m1/s1. The lowest BCUT2D eigenvalue weighted by Crippen LogP contribution is -3.13. The zero-order valence-electron chi connectivity index (χ0n) is 17.9. The van der Waals surface area contributed by atoms with E-state index in [2.05, 4.69) is 145 Å². The summed E-state index contributed by atoms with van der Waals surface area (Å²) < 4.78 is 0. The molecule has 0 radical (unpaired) electrons. The third-order valence-electron chi connectivity index (χ3n) is 5.95. The zero-order chi connectivity index (χ0) is 21.6. The van der Waals surface area contributed by atoms with Gasteiger partial charge in [0.15, 0.2) is 6.17 Å². The minimum Gasteiger partial charge on any atom is -0.332 e. The van der Waals surface area contributed by atoms with E-state index < -0.39 is 0 Å². The Morgan fingerprint density at radius 2 is 1.09 bits per heavy atom. The van der Waals surface area contributed by atoms with Crippen LogP contribution in [-0.2, 0) is 0 Å². The van der Waals surface area contributed by atoms with Gasteiger partial charge in [0.05, 0.1) is 0 Å². The fourth-order valence-electron chi connectivity index (χ4n) is 4.40. The van der Waals surface area contributed by atoms with Gasteiger partial charge in [-0.3, -0.25) is 4.90 Å². The largest absolute Gasteiger partial charge is 0.332 e. The van der Waals surface area contributed by atoms with E-state index in [9.17, 15) is 0 Å². The van der Waals surface area contributed by atoms with Gasteiger partial charge in [0.2, 0.25) is 0 Å². The summed E-state index contributed by atoms with van der Waals surface area (Å²) in [5.41, 5.74) is 6.18. The number of hydrogen-bond acceptors (Lipinski definition) is 1. The molecule has 32 heavy (non-hydrogen) atoms. The molecule has 1 aliphatic rings. The maximum Gasteiger partial charge on any atom is 0.186 e. The lowest BCUT2D eigenvalue weighted by Gasteiger charge is -2.38. The van der Waals surface area contributed by atoms with Gasteiger partial charge in [-0.1, -0.05) is 109 Å². The van der Waals surface area contributed by atoms with Gasteiger partial charge in [-0.15, -0.1) is 0 Å². The second-order valence-electron chi connectivity index (χ2n) is 8.05. The molecule has 0 saturated heterocycles. The number of fused-ring (bicyclic) bond motifs is 1. The topological polar surface area (TPSA) is 16.5 Å². The number of benzene rings is 4. The second-order valence-corrected chi connectivity index (χ2v) is 8.05. The van der Waals surface area contributed by atoms with Crippen molar-refractivity contribution >= 4 is 23.5 Å². The molecule has 0 fully saturated rings. The summed E-state index contributed by atoms with van der Waals surface area (Å²) in [6.07, 6.45) is 9.19. The molecule has 156 valence electrons. The van der Waals surface area contributed by atoms with Crippen molar-refractivity contribution in [3.8, 4) is 0 Å². The molecule has 5 rings (SSSR count). The molecular weight excluding hydrogens is 388 g/mol. The maximum atomic E-state index is 3.79. The van der Waals surface area contributed by atoms with Gasteiger partial charge in [-0.05, 0) is 41.5 Å². The SMILES string of the molecule is C(=C\[C@@H]1c2ccccc2N[C@H](/C=C/c2ccccc2)[NH+]1c1ccccc1)/c1ccccc1. The summed E-state index contributed by atoms with van der Waals surface area (Å²) in [7, 11) is 0. The maximum absolute atomic E-state index is 3.79. The Balaban J connectivity index is 1.59. The number of para-hydroxylation sites is 2. The van der Waals surface area contributed by atoms with Crippen LogP contribution in [0.3, 0.4) is 0 Å². The molecular formula is C30H27N2+. The predicted molar refractivity (Wildman–Crippen MR) is 135 cm³/mol. The Hall–Kier alpha value is -3.88. The van der Waals surface area contributed by atoms with Gasteiger partial charge < -0.3 is 5.32 Å². The first kappa shape index (κ1) is 20.0. The van der Waals surface area contributed by atoms with Gasteiger partial charge in [-0.25, -0.2) is 0 Å². The van der Waals surface area contributed by atoms with Crippen LogP contribution in [0.1, 0.15) is 22.7 Å². The minimum absolute atomic E-state index is 0.0953. The summed E-state index contributed by atoms with van der Waals surface area (Å²) in [6, 6.07) is 40.6. The van der Waals surface area contributed by atoms with Gasteiger partial charge in [0, 0.05) is 11.3 Å². The number of rotatable bonds is 5.